The number of thioether (sulfide) groups is 1. The summed E-state index contributed by atoms with van der Waals surface area (Å²) in [7, 11) is -3.45. The lowest BCUT2D eigenvalue weighted by Gasteiger charge is -2.25. The number of thiophene rings is 1. The first-order chi connectivity index (χ1) is 13.1. The van der Waals surface area contributed by atoms with E-state index in [2.05, 4.69) is 15.1 Å². The van der Waals surface area contributed by atoms with Crippen molar-refractivity contribution in [1.29, 1.82) is 0 Å². The number of piperidine rings is 1. The third-order valence-electron chi connectivity index (χ3n) is 4.22. The summed E-state index contributed by atoms with van der Waals surface area (Å²) in [6.07, 6.45) is 4.34. The van der Waals surface area contributed by atoms with Crippen LogP contribution in [0.4, 0.5) is 0 Å². The van der Waals surface area contributed by atoms with Crippen molar-refractivity contribution in [2.75, 3.05) is 13.1 Å². The van der Waals surface area contributed by atoms with Gasteiger partial charge >= 0.3 is 0 Å². The van der Waals surface area contributed by atoms with Gasteiger partial charge in [-0.25, -0.2) is 13.4 Å². The zero-order valence-corrected chi connectivity index (χ0v) is 16.9. The maximum absolute atomic E-state index is 12.6. The minimum atomic E-state index is -3.45. The molecule has 0 spiro atoms. The molecule has 0 unspecified atom stereocenters. The van der Waals surface area contributed by atoms with Gasteiger partial charge in [0.1, 0.15) is 4.90 Å². The maximum atomic E-state index is 12.6. The molecule has 0 aliphatic carbocycles. The molecule has 7 nitrogen and oxygen atoms in total. The van der Waals surface area contributed by atoms with E-state index in [4.69, 9.17) is 4.52 Å². The Morgan fingerprint density at radius 3 is 2.74 bits per heavy atom. The fourth-order valence-corrected chi connectivity index (χ4v) is 5.61. The molecule has 4 heterocycles. The molecule has 4 rings (SSSR count). The SMILES string of the molecule is O=S(=O)(c1ccc(SCc2nc(-c3cccs3)no2)nc1)N1CCCCC1. The van der Waals surface area contributed by atoms with Crippen molar-refractivity contribution in [3.8, 4) is 10.7 Å². The van der Waals surface area contributed by atoms with Crippen LogP contribution in [0.25, 0.3) is 10.7 Å². The minimum Gasteiger partial charge on any atom is -0.338 e. The number of pyridine rings is 1. The Kier molecular flexibility index (Phi) is 5.58. The van der Waals surface area contributed by atoms with Gasteiger partial charge < -0.3 is 4.52 Å². The van der Waals surface area contributed by atoms with E-state index >= 15 is 0 Å². The zero-order chi connectivity index (χ0) is 18.7. The van der Waals surface area contributed by atoms with Gasteiger partial charge in [-0.05, 0) is 36.4 Å². The lowest BCUT2D eigenvalue weighted by Crippen LogP contribution is -2.35. The molecule has 1 fully saturated rings. The second-order valence-electron chi connectivity index (χ2n) is 6.07. The van der Waals surface area contributed by atoms with Gasteiger partial charge in [-0.2, -0.15) is 9.29 Å². The molecule has 1 aliphatic rings. The van der Waals surface area contributed by atoms with Gasteiger partial charge in [0, 0.05) is 19.3 Å². The monoisotopic (exact) mass is 422 g/mol. The topological polar surface area (TPSA) is 89.2 Å². The highest BCUT2D eigenvalue weighted by atomic mass is 32.2. The Hall–Kier alpha value is -1.75. The standard InChI is InChI=1S/C17H18N4O3S3/c22-27(23,21-8-2-1-3-9-21)13-6-7-16(18-11-13)26-12-15-19-17(20-24-15)14-5-4-10-25-14/h4-7,10-11H,1-3,8-9,12H2. The molecule has 27 heavy (non-hydrogen) atoms. The second-order valence-corrected chi connectivity index (χ2v) is 9.96. The van der Waals surface area contributed by atoms with Crippen LogP contribution in [0.5, 0.6) is 0 Å². The van der Waals surface area contributed by atoms with Gasteiger partial charge in [0.2, 0.25) is 21.7 Å². The molecule has 0 aromatic carbocycles. The molecule has 10 heteroatoms. The summed E-state index contributed by atoms with van der Waals surface area (Å²) in [5, 5.41) is 6.65. The number of aromatic nitrogens is 3. The summed E-state index contributed by atoms with van der Waals surface area (Å²) in [5.74, 6) is 1.57. The molecule has 0 atom stereocenters. The fraction of sp³-hybridized carbons (Fsp3) is 0.353. The van der Waals surface area contributed by atoms with Crippen LogP contribution in [0.3, 0.4) is 0 Å². The highest BCUT2D eigenvalue weighted by Crippen LogP contribution is 2.26. The third kappa shape index (κ3) is 4.23. The highest BCUT2D eigenvalue weighted by Gasteiger charge is 2.26. The predicted molar refractivity (Wildman–Crippen MR) is 104 cm³/mol. The first-order valence-corrected chi connectivity index (χ1v) is 11.9. The van der Waals surface area contributed by atoms with Crippen LogP contribution in [-0.4, -0.2) is 40.9 Å². The Balaban J connectivity index is 1.39. The van der Waals surface area contributed by atoms with E-state index in [1.807, 2.05) is 17.5 Å². The Morgan fingerprint density at radius 1 is 1.19 bits per heavy atom. The summed E-state index contributed by atoms with van der Waals surface area (Å²) >= 11 is 2.98. The van der Waals surface area contributed by atoms with Crippen molar-refractivity contribution in [3.05, 3.63) is 41.7 Å². The zero-order valence-electron chi connectivity index (χ0n) is 14.4. The average molecular weight is 423 g/mol. The lowest BCUT2D eigenvalue weighted by atomic mass is 10.2. The van der Waals surface area contributed by atoms with E-state index in [1.165, 1.54) is 18.0 Å². The van der Waals surface area contributed by atoms with E-state index in [-0.39, 0.29) is 4.90 Å². The lowest BCUT2D eigenvalue weighted by molar-refractivity contribution is 0.346. The minimum absolute atomic E-state index is 0.242. The summed E-state index contributed by atoms with van der Waals surface area (Å²) in [5.41, 5.74) is 0. The van der Waals surface area contributed by atoms with Crippen LogP contribution in [0.2, 0.25) is 0 Å². The van der Waals surface area contributed by atoms with E-state index in [1.54, 1.807) is 27.8 Å². The highest BCUT2D eigenvalue weighted by molar-refractivity contribution is 7.98. The molecule has 142 valence electrons. The van der Waals surface area contributed by atoms with Crippen LogP contribution < -0.4 is 0 Å². The molecule has 0 amide bonds. The maximum Gasteiger partial charge on any atom is 0.244 e. The smallest absolute Gasteiger partial charge is 0.244 e. The van der Waals surface area contributed by atoms with Crippen LogP contribution in [-0.2, 0) is 15.8 Å². The van der Waals surface area contributed by atoms with Crippen molar-refractivity contribution in [2.45, 2.75) is 34.9 Å². The summed E-state index contributed by atoms with van der Waals surface area (Å²) in [6.45, 7) is 1.17. The van der Waals surface area contributed by atoms with E-state index in [9.17, 15) is 8.42 Å². The molecule has 0 bridgehead atoms. The number of hydrogen-bond donors (Lipinski definition) is 0. The van der Waals surface area contributed by atoms with Crippen molar-refractivity contribution >= 4 is 33.1 Å². The van der Waals surface area contributed by atoms with E-state index in [0.717, 1.165) is 24.1 Å². The van der Waals surface area contributed by atoms with Gasteiger partial charge in [-0.3, -0.25) is 0 Å². The predicted octanol–water partition coefficient (Wildman–Crippen LogP) is 3.66. The van der Waals surface area contributed by atoms with Gasteiger partial charge in [-0.15, -0.1) is 11.3 Å². The fourth-order valence-electron chi connectivity index (χ4n) is 2.81. The van der Waals surface area contributed by atoms with Crippen molar-refractivity contribution in [3.63, 3.8) is 0 Å². The molecule has 0 radical (unpaired) electrons. The van der Waals surface area contributed by atoms with Crippen LogP contribution in [0, 0.1) is 0 Å². The first kappa shape index (κ1) is 18.6. The molecule has 0 saturated carbocycles. The number of nitrogens with zero attached hydrogens (tertiary/aromatic N) is 4. The Bertz CT molecular complexity index is 979. The molecule has 3 aromatic rings. The molecular formula is C17H18N4O3S3. The molecule has 3 aromatic heterocycles. The van der Waals surface area contributed by atoms with Gasteiger partial charge in [-0.1, -0.05) is 29.4 Å². The largest absolute Gasteiger partial charge is 0.338 e. The normalized spacial score (nSPS) is 15.9. The van der Waals surface area contributed by atoms with Gasteiger partial charge in [0.05, 0.1) is 15.7 Å². The quantitative estimate of drug-likeness (QED) is 0.560. The molecule has 1 saturated heterocycles. The Labute approximate surface area is 165 Å². The van der Waals surface area contributed by atoms with Crippen molar-refractivity contribution < 1.29 is 12.9 Å². The summed E-state index contributed by atoms with van der Waals surface area (Å²) in [6, 6.07) is 7.21. The van der Waals surface area contributed by atoms with Crippen LogP contribution in [0.15, 0.2) is 50.3 Å². The van der Waals surface area contributed by atoms with Gasteiger partial charge in [0.15, 0.2) is 0 Å². The first-order valence-electron chi connectivity index (χ1n) is 8.58. The summed E-state index contributed by atoms with van der Waals surface area (Å²) < 4.78 is 32.1. The number of sulfonamides is 1. The molecular weight excluding hydrogens is 404 g/mol. The number of hydrogen-bond acceptors (Lipinski definition) is 8. The van der Waals surface area contributed by atoms with Crippen LogP contribution >= 0.6 is 23.1 Å². The number of rotatable bonds is 6. The van der Waals surface area contributed by atoms with Crippen LogP contribution in [0.1, 0.15) is 25.2 Å². The van der Waals surface area contributed by atoms with E-state index < -0.39 is 10.0 Å². The van der Waals surface area contributed by atoms with Gasteiger partial charge in [0.25, 0.3) is 0 Å². The van der Waals surface area contributed by atoms with Crippen molar-refractivity contribution in [2.24, 2.45) is 0 Å². The summed E-state index contributed by atoms with van der Waals surface area (Å²) in [4.78, 5) is 9.85. The van der Waals surface area contributed by atoms with Crippen molar-refractivity contribution in [1.82, 2.24) is 19.4 Å². The van der Waals surface area contributed by atoms with E-state index in [0.29, 0.717) is 35.6 Å². The average Bonchev–Trinajstić information content (AvgIpc) is 3.39. The second kappa shape index (κ2) is 8.09. The Morgan fingerprint density at radius 2 is 2.04 bits per heavy atom. The molecule has 0 N–H and O–H groups in total. The third-order valence-corrected chi connectivity index (χ3v) is 7.89. The molecule has 1 aliphatic heterocycles.